The van der Waals surface area contributed by atoms with Gasteiger partial charge in [-0.05, 0) is 43.1 Å². The van der Waals surface area contributed by atoms with Gasteiger partial charge in [0.2, 0.25) is 0 Å². The molecule has 0 saturated heterocycles. The van der Waals surface area contributed by atoms with E-state index in [0.717, 1.165) is 18.4 Å². The van der Waals surface area contributed by atoms with Gasteiger partial charge in [-0.3, -0.25) is 4.79 Å². The molecule has 1 atom stereocenters. The fourth-order valence-corrected chi connectivity index (χ4v) is 3.90. The van der Waals surface area contributed by atoms with Crippen molar-refractivity contribution in [3.05, 3.63) is 21.4 Å². The van der Waals surface area contributed by atoms with Crippen LogP contribution in [0, 0.1) is 5.41 Å². The number of aliphatic hydroxyl groups is 1. The summed E-state index contributed by atoms with van der Waals surface area (Å²) in [6.45, 7) is 6.38. The van der Waals surface area contributed by atoms with E-state index in [1.807, 2.05) is 5.38 Å². The molecule has 2 rings (SSSR count). The van der Waals surface area contributed by atoms with Gasteiger partial charge >= 0.3 is 0 Å². The molecule has 20 heavy (non-hydrogen) atoms. The molecule has 0 bridgehead atoms. The molecule has 1 heterocycles. The van der Waals surface area contributed by atoms with Gasteiger partial charge in [-0.15, -0.1) is 11.3 Å². The molecule has 112 valence electrons. The Morgan fingerprint density at radius 2 is 2.10 bits per heavy atom. The van der Waals surface area contributed by atoms with E-state index in [1.165, 1.54) is 23.3 Å². The number of carbonyl (C=O) groups excluding carboxylic acids is 1. The van der Waals surface area contributed by atoms with Gasteiger partial charge < -0.3 is 10.4 Å². The summed E-state index contributed by atoms with van der Waals surface area (Å²) < 4.78 is 0. The number of hydrogen-bond acceptors (Lipinski definition) is 3. The van der Waals surface area contributed by atoms with Crippen LogP contribution in [0.2, 0.25) is 0 Å². The first-order valence-electron chi connectivity index (χ1n) is 7.44. The Bertz CT molecular complexity index is 473. The second-order valence-electron chi connectivity index (χ2n) is 6.66. The summed E-state index contributed by atoms with van der Waals surface area (Å²) in [6.07, 6.45) is 5.17. The van der Waals surface area contributed by atoms with Crippen molar-refractivity contribution in [2.24, 2.45) is 5.41 Å². The van der Waals surface area contributed by atoms with Crippen LogP contribution in [0.25, 0.3) is 0 Å². The van der Waals surface area contributed by atoms with Crippen LogP contribution < -0.4 is 5.32 Å². The zero-order valence-electron chi connectivity index (χ0n) is 12.7. The van der Waals surface area contributed by atoms with E-state index >= 15 is 0 Å². The third kappa shape index (κ3) is 3.41. The van der Waals surface area contributed by atoms with Gasteiger partial charge in [-0.1, -0.05) is 20.8 Å². The quantitative estimate of drug-likeness (QED) is 0.896. The van der Waals surface area contributed by atoms with Crippen LogP contribution in [0.5, 0.6) is 0 Å². The van der Waals surface area contributed by atoms with Crippen LogP contribution >= 0.6 is 11.3 Å². The number of nitrogens with one attached hydrogen (secondary N) is 1. The number of fused-ring (bicyclic) bond motifs is 1. The maximum atomic E-state index is 12.5. The lowest BCUT2D eigenvalue weighted by Gasteiger charge is -2.31. The van der Waals surface area contributed by atoms with Gasteiger partial charge in [-0.2, -0.15) is 0 Å². The first-order valence-corrected chi connectivity index (χ1v) is 8.32. The van der Waals surface area contributed by atoms with Gasteiger partial charge in [-0.25, -0.2) is 0 Å². The standard InChI is InChI=1S/C16H25NO2S/c1-16(2,3)14(8-9-18)17-15(19)12-10-20-13-7-5-4-6-11(12)13/h10,14,18H,4-9H2,1-3H3,(H,17,19). The van der Waals surface area contributed by atoms with Crippen LogP contribution in [0.15, 0.2) is 5.38 Å². The van der Waals surface area contributed by atoms with Crippen LogP contribution in [0.4, 0.5) is 0 Å². The van der Waals surface area contributed by atoms with Crippen molar-refractivity contribution in [1.29, 1.82) is 0 Å². The van der Waals surface area contributed by atoms with Crippen molar-refractivity contribution < 1.29 is 9.90 Å². The van der Waals surface area contributed by atoms with E-state index in [9.17, 15) is 9.90 Å². The molecule has 4 heteroatoms. The first-order chi connectivity index (χ1) is 9.43. The Morgan fingerprint density at radius 1 is 1.40 bits per heavy atom. The van der Waals surface area contributed by atoms with Gasteiger partial charge in [0.15, 0.2) is 0 Å². The highest BCUT2D eigenvalue weighted by Crippen LogP contribution is 2.30. The summed E-state index contributed by atoms with van der Waals surface area (Å²) >= 11 is 1.72. The molecule has 0 spiro atoms. The lowest BCUT2D eigenvalue weighted by atomic mass is 9.84. The monoisotopic (exact) mass is 295 g/mol. The van der Waals surface area contributed by atoms with Crippen molar-refractivity contribution in [3.8, 4) is 0 Å². The Labute approximate surface area is 125 Å². The Hall–Kier alpha value is -0.870. The normalized spacial score (nSPS) is 16.6. The summed E-state index contributed by atoms with van der Waals surface area (Å²) in [7, 11) is 0. The second kappa shape index (κ2) is 6.27. The molecule has 1 amide bonds. The SMILES string of the molecule is CC(C)(C)C(CCO)NC(=O)c1csc2c1CCCC2. The van der Waals surface area contributed by atoms with Crippen molar-refractivity contribution in [2.45, 2.75) is 58.9 Å². The highest BCUT2D eigenvalue weighted by atomic mass is 32.1. The number of rotatable bonds is 4. The Balaban J connectivity index is 2.13. The molecule has 0 aliphatic heterocycles. The zero-order valence-corrected chi connectivity index (χ0v) is 13.5. The van der Waals surface area contributed by atoms with Crippen LogP contribution in [-0.2, 0) is 12.8 Å². The largest absolute Gasteiger partial charge is 0.396 e. The summed E-state index contributed by atoms with van der Waals surface area (Å²) in [5.74, 6) is 0.0257. The van der Waals surface area contributed by atoms with E-state index in [0.29, 0.717) is 6.42 Å². The minimum atomic E-state index is -0.0471. The van der Waals surface area contributed by atoms with Crippen molar-refractivity contribution in [1.82, 2.24) is 5.32 Å². The first kappa shape index (κ1) is 15.5. The zero-order chi connectivity index (χ0) is 14.8. The van der Waals surface area contributed by atoms with Gasteiger partial charge in [0.05, 0.1) is 5.56 Å². The molecule has 0 aromatic carbocycles. The molecule has 1 aromatic rings. The number of aliphatic hydroxyl groups excluding tert-OH is 1. The fraction of sp³-hybridized carbons (Fsp3) is 0.688. The molecule has 1 aliphatic rings. The molecule has 1 aliphatic carbocycles. The summed E-state index contributed by atoms with van der Waals surface area (Å²) in [6, 6.07) is -0.000796. The Morgan fingerprint density at radius 3 is 2.75 bits per heavy atom. The van der Waals surface area contributed by atoms with E-state index in [2.05, 4.69) is 26.1 Å². The average Bonchev–Trinajstić information content (AvgIpc) is 2.81. The van der Waals surface area contributed by atoms with Crippen molar-refractivity contribution in [3.63, 3.8) is 0 Å². The van der Waals surface area contributed by atoms with Crippen LogP contribution in [0.1, 0.15) is 60.8 Å². The molecule has 0 radical (unpaired) electrons. The van der Waals surface area contributed by atoms with Crippen LogP contribution in [0.3, 0.4) is 0 Å². The maximum Gasteiger partial charge on any atom is 0.252 e. The van der Waals surface area contributed by atoms with E-state index in [4.69, 9.17) is 0 Å². The third-order valence-corrected chi connectivity index (χ3v) is 5.16. The van der Waals surface area contributed by atoms with E-state index in [-0.39, 0.29) is 24.0 Å². The van der Waals surface area contributed by atoms with Crippen molar-refractivity contribution in [2.75, 3.05) is 6.61 Å². The number of hydrogen-bond donors (Lipinski definition) is 2. The summed E-state index contributed by atoms with van der Waals surface area (Å²) in [4.78, 5) is 13.9. The number of thiophene rings is 1. The molecule has 2 N–H and O–H groups in total. The van der Waals surface area contributed by atoms with E-state index < -0.39 is 0 Å². The lowest BCUT2D eigenvalue weighted by Crippen LogP contribution is -2.44. The maximum absolute atomic E-state index is 12.5. The molecule has 0 fully saturated rings. The van der Waals surface area contributed by atoms with Gasteiger partial charge in [0.1, 0.15) is 0 Å². The summed E-state index contributed by atoms with van der Waals surface area (Å²) in [5.41, 5.74) is 2.07. The predicted octanol–water partition coefficient (Wildman–Crippen LogP) is 3.15. The van der Waals surface area contributed by atoms with Gasteiger partial charge in [0.25, 0.3) is 5.91 Å². The van der Waals surface area contributed by atoms with E-state index in [1.54, 1.807) is 11.3 Å². The Kier molecular flexibility index (Phi) is 4.86. The van der Waals surface area contributed by atoms with Gasteiger partial charge in [0, 0.05) is 22.9 Å². The molecular weight excluding hydrogens is 270 g/mol. The number of amides is 1. The number of carbonyl (C=O) groups is 1. The molecule has 1 aromatic heterocycles. The minimum absolute atomic E-state index is 0.000796. The topological polar surface area (TPSA) is 49.3 Å². The summed E-state index contributed by atoms with van der Waals surface area (Å²) in [5, 5.41) is 14.3. The van der Waals surface area contributed by atoms with Crippen LogP contribution in [-0.4, -0.2) is 23.7 Å². The lowest BCUT2D eigenvalue weighted by molar-refractivity contribution is 0.0884. The number of aryl methyl sites for hydroxylation is 1. The minimum Gasteiger partial charge on any atom is -0.396 e. The molecular formula is C16H25NO2S. The molecule has 1 unspecified atom stereocenters. The predicted molar refractivity (Wildman–Crippen MR) is 83.4 cm³/mol. The average molecular weight is 295 g/mol. The fourth-order valence-electron chi connectivity index (χ4n) is 2.77. The second-order valence-corrected chi connectivity index (χ2v) is 7.63. The van der Waals surface area contributed by atoms with Crippen molar-refractivity contribution >= 4 is 17.2 Å². The highest BCUT2D eigenvalue weighted by molar-refractivity contribution is 7.10. The molecule has 0 saturated carbocycles. The smallest absolute Gasteiger partial charge is 0.252 e. The third-order valence-electron chi connectivity index (χ3n) is 4.07. The molecule has 3 nitrogen and oxygen atoms in total. The highest BCUT2D eigenvalue weighted by Gasteiger charge is 2.28.